The maximum atomic E-state index is 11.9. The fourth-order valence-electron chi connectivity index (χ4n) is 4.27. The van der Waals surface area contributed by atoms with Gasteiger partial charge in [0.1, 0.15) is 5.75 Å². The SMILES string of the molecule is CC(=O)O.O=C1CNC(=O)N1c1cccc(CCCCOCCCCCCNC[C@@H](O)c2ccc(O)c(CO)c2)c1. The van der Waals surface area contributed by atoms with E-state index in [-0.39, 0.29) is 30.8 Å². The predicted molar refractivity (Wildman–Crippen MR) is 155 cm³/mol. The van der Waals surface area contributed by atoms with E-state index in [1.807, 2.05) is 18.2 Å². The number of nitrogens with one attached hydrogen (secondary N) is 2. The van der Waals surface area contributed by atoms with Crippen molar-refractivity contribution < 1.29 is 39.5 Å². The van der Waals surface area contributed by atoms with Gasteiger partial charge in [0.05, 0.1) is 24.9 Å². The number of aliphatic carboxylic acids is 1. The number of aliphatic hydroxyl groups is 2. The zero-order chi connectivity index (χ0) is 30.0. The van der Waals surface area contributed by atoms with Crippen LogP contribution in [0.1, 0.15) is 68.2 Å². The highest BCUT2D eigenvalue weighted by Crippen LogP contribution is 2.22. The molecular weight excluding hydrogens is 530 g/mol. The molecule has 1 aliphatic rings. The molecule has 0 spiro atoms. The van der Waals surface area contributed by atoms with Gasteiger partial charge in [-0.1, -0.05) is 31.0 Å². The molecule has 0 aliphatic carbocycles. The number of anilines is 1. The minimum Gasteiger partial charge on any atom is -0.508 e. The Morgan fingerprint density at radius 2 is 1.76 bits per heavy atom. The number of phenols is 1. The van der Waals surface area contributed by atoms with Crippen molar-refractivity contribution in [2.45, 2.75) is 64.6 Å². The number of carboxylic acid groups (broad SMARTS) is 1. The molecule has 11 nitrogen and oxygen atoms in total. The summed E-state index contributed by atoms with van der Waals surface area (Å²) in [5.41, 5.74) is 2.81. The van der Waals surface area contributed by atoms with Crippen LogP contribution in [0.4, 0.5) is 10.5 Å². The van der Waals surface area contributed by atoms with Crippen molar-refractivity contribution in [1.29, 1.82) is 0 Å². The third-order valence-electron chi connectivity index (χ3n) is 6.40. The Balaban J connectivity index is 0.00000138. The number of aryl methyl sites for hydroxylation is 1. The number of unbranched alkanes of at least 4 members (excludes halogenated alkanes) is 4. The third-order valence-corrected chi connectivity index (χ3v) is 6.40. The average Bonchev–Trinajstić information content (AvgIpc) is 3.28. The van der Waals surface area contributed by atoms with Gasteiger partial charge in [-0.25, -0.2) is 9.69 Å². The molecule has 1 aliphatic heterocycles. The summed E-state index contributed by atoms with van der Waals surface area (Å²) in [7, 11) is 0. The number of benzene rings is 2. The Morgan fingerprint density at radius 1 is 1.05 bits per heavy atom. The predicted octanol–water partition coefficient (Wildman–Crippen LogP) is 3.25. The first-order valence-corrected chi connectivity index (χ1v) is 14.0. The molecule has 1 atom stereocenters. The van der Waals surface area contributed by atoms with Gasteiger partial charge in [-0.15, -0.1) is 0 Å². The van der Waals surface area contributed by atoms with Gasteiger partial charge in [-0.05, 0) is 74.0 Å². The molecule has 0 saturated carbocycles. The van der Waals surface area contributed by atoms with Crippen LogP contribution in [-0.2, 0) is 27.4 Å². The Hall–Kier alpha value is -3.51. The highest BCUT2D eigenvalue weighted by molar-refractivity contribution is 6.19. The van der Waals surface area contributed by atoms with E-state index >= 15 is 0 Å². The fourth-order valence-corrected chi connectivity index (χ4v) is 4.27. The quantitative estimate of drug-likeness (QED) is 0.123. The van der Waals surface area contributed by atoms with E-state index in [4.69, 9.17) is 14.6 Å². The first kappa shape index (κ1) is 33.7. The van der Waals surface area contributed by atoms with Gasteiger partial charge in [0, 0.05) is 32.2 Å². The van der Waals surface area contributed by atoms with Gasteiger partial charge >= 0.3 is 6.03 Å². The Bertz CT molecular complexity index is 1090. The summed E-state index contributed by atoms with van der Waals surface area (Å²) in [6.45, 7) is 3.60. The number of carbonyl (C=O) groups is 3. The summed E-state index contributed by atoms with van der Waals surface area (Å²) >= 11 is 0. The zero-order valence-electron chi connectivity index (χ0n) is 23.7. The van der Waals surface area contributed by atoms with Gasteiger partial charge in [-0.2, -0.15) is 0 Å². The average molecular weight is 574 g/mol. The van der Waals surface area contributed by atoms with E-state index in [2.05, 4.69) is 10.6 Å². The van der Waals surface area contributed by atoms with E-state index in [0.717, 1.165) is 77.2 Å². The van der Waals surface area contributed by atoms with Crippen LogP contribution in [0.5, 0.6) is 5.75 Å². The number of carboxylic acids is 1. The number of imide groups is 1. The molecule has 0 bridgehead atoms. The molecule has 226 valence electrons. The number of carbonyl (C=O) groups excluding carboxylic acids is 2. The minimum absolute atomic E-state index is 0.0337. The van der Waals surface area contributed by atoms with Gasteiger partial charge in [0.25, 0.3) is 11.9 Å². The molecular formula is C30H43N3O8. The van der Waals surface area contributed by atoms with Gasteiger partial charge in [0.15, 0.2) is 0 Å². The van der Waals surface area contributed by atoms with Gasteiger partial charge in [-0.3, -0.25) is 9.59 Å². The molecule has 41 heavy (non-hydrogen) atoms. The molecule has 6 N–H and O–H groups in total. The number of rotatable bonds is 17. The normalized spacial score (nSPS) is 13.5. The molecule has 3 amide bonds. The number of nitrogens with zero attached hydrogens (tertiary/aromatic N) is 1. The van der Waals surface area contributed by atoms with Crippen molar-refractivity contribution in [3.8, 4) is 5.75 Å². The molecule has 1 fully saturated rings. The molecule has 0 aromatic heterocycles. The molecule has 1 heterocycles. The summed E-state index contributed by atoms with van der Waals surface area (Å²) in [6, 6.07) is 12.0. The number of aliphatic hydroxyl groups excluding tert-OH is 2. The van der Waals surface area contributed by atoms with Crippen molar-refractivity contribution in [3.63, 3.8) is 0 Å². The van der Waals surface area contributed by atoms with Gasteiger partial charge < -0.3 is 35.8 Å². The maximum absolute atomic E-state index is 11.9. The van der Waals surface area contributed by atoms with Crippen LogP contribution < -0.4 is 15.5 Å². The van der Waals surface area contributed by atoms with E-state index < -0.39 is 12.1 Å². The smallest absolute Gasteiger partial charge is 0.329 e. The molecule has 0 radical (unpaired) electrons. The van der Waals surface area contributed by atoms with E-state index in [1.165, 1.54) is 11.0 Å². The number of aromatic hydroxyl groups is 1. The van der Waals surface area contributed by atoms with Crippen molar-refractivity contribution >= 4 is 23.6 Å². The molecule has 11 heteroatoms. The lowest BCUT2D eigenvalue weighted by atomic mass is 10.1. The van der Waals surface area contributed by atoms with Crippen LogP contribution in [0, 0.1) is 0 Å². The van der Waals surface area contributed by atoms with Crippen LogP contribution >= 0.6 is 0 Å². The molecule has 2 aromatic carbocycles. The lowest BCUT2D eigenvalue weighted by molar-refractivity contribution is -0.134. The topological polar surface area (TPSA) is 169 Å². The minimum atomic E-state index is -0.833. The summed E-state index contributed by atoms with van der Waals surface area (Å²) in [6.07, 6.45) is 6.36. The van der Waals surface area contributed by atoms with Crippen molar-refractivity contribution in [2.24, 2.45) is 0 Å². The number of urea groups is 1. The number of amides is 3. The second kappa shape index (κ2) is 18.8. The number of ether oxygens (including phenoxy) is 1. The first-order chi connectivity index (χ1) is 19.7. The first-order valence-electron chi connectivity index (χ1n) is 14.0. The molecule has 0 unspecified atom stereocenters. The van der Waals surface area contributed by atoms with E-state index in [0.29, 0.717) is 23.4 Å². The van der Waals surface area contributed by atoms with E-state index in [9.17, 15) is 24.9 Å². The second-order valence-electron chi connectivity index (χ2n) is 9.83. The standard InChI is InChI=1S/C28H39N3O6.C2H4O2/c32-20-23-17-22(11-12-25(23)33)26(34)18-29-13-4-1-2-5-14-37-15-6-3-8-21-9-7-10-24(16-21)31-27(35)19-30-28(31)36;1-2(3)4/h7,9-12,16-17,26,29,32-34H,1-6,8,13-15,18-20H2,(H,30,36);1H3,(H,3,4)/t26-;/m1./s1. The Morgan fingerprint density at radius 3 is 2.44 bits per heavy atom. The third kappa shape index (κ3) is 12.7. The van der Waals surface area contributed by atoms with Gasteiger partial charge in [0.2, 0.25) is 0 Å². The van der Waals surface area contributed by atoms with Crippen molar-refractivity contribution in [3.05, 3.63) is 59.2 Å². The fraction of sp³-hybridized carbons (Fsp3) is 0.500. The Labute approximate surface area is 241 Å². The number of hydrogen-bond donors (Lipinski definition) is 6. The summed E-state index contributed by atoms with van der Waals surface area (Å²) in [5, 5.41) is 42.3. The van der Waals surface area contributed by atoms with Crippen molar-refractivity contribution in [1.82, 2.24) is 10.6 Å². The second-order valence-corrected chi connectivity index (χ2v) is 9.83. The van der Waals surface area contributed by atoms with Crippen LogP contribution in [0.2, 0.25) is 0 Å². The highest BCUT2D eigenvalue weighted by atomic mass is 16.5. The summed E-state index contributed by atoms with van der Waals surface area (Å²) in [5.74, 6) is -1.03. The molecule has 2 aromatic rings. The number of hydrogen-bond acceptors (Lipinski definition) is 8. The molecule has 1 saturated heterocycles. The van der Waals surface area contributed by atoms with Crippen LogP contribution in [0.25, 0.3) is 0 Å². The summed E-state index contributed by atoms with van der Waals surface area (Å²) in [4.78, 5) is 33.9. The highest BCUT2D eigenvalue weighted by Gasteiger charge is 2.29. The van der Waals surface area contributed by atoms with Crippen molar-refractivity contribution in [2.75, 3.05) is 37.7 Å². The largest absolute Gasteiger partial charge is 0.508 e. The lowest BCUT2D eigenvalue weighted by Gasteiger charge is -2.14. The zero-order valence-corrected chi connectivity index (χ0v) is 23.7. The van der Waals surface area contributed by atoms with Crippen LogP contribution in [0.15, 0.2) is 42.5 Å². The maximum Gasteiger partial charge on any atom is 0.329 e. The summed E-state index contributed by atoms with van der Waals surface area (Å²) < 4.78 is 5.75. The van der Waals surface area contributed by atoms with E-state index in [1.54, 1.807) is 18.2 Å². The van der Waals surface area contributed by atoms with Crippen LogP contribution in [0.3, 0.4) is 0 Å². The monoisotopic (exact) mass is 573 g/mol. The van der Waals surface area contributed by atoms with Crippen LogP contribution in [-0.4, -0.2) is 71.2 Å². The Kier molecular flexibility index (Phi) is 15.4. The lowest BCUT2D eigenvalue weighted by Crippen LogP contribution is -2.30. The molecule has 3 rings (SSSR count).